The fourth-order valence-electron chi connectivity index (χ4n) is 4.17. The lowest BCUT2D eigenvalue weighted by Gasteiger charge is -2.33. The average molecular weight is 496 g/mol. The second kappa shape index (κ2) is 9.60. The van der Waals surface area contributed by atoms with Gasteiger partial charge in [0.2, 0.25) is 5.89 Å². The smallest absolute Gasteiger partial charge is 0.227 e. The molecule has 0 unspecified atom stereocenters. The molecule has 5 rings (SSSR count). The van der Waals surface area contributed by atoms with Crippen LogP contribution in [-0.4, -0.2) is 37.7 Å². The van der Waals surface area contributed by atoms with Crippen LogP contribution in [0.4, 0.5) is 5.69 Å². The molecule has 1 aliphatic heterocycles. The predicted molar refractivity (Wildman–Crippen MR) is 132 cm³/mol. The van der Waals surface area contributed by atoms with E-state index in [9.17, 15) is 8.42 Å². The zero-order chi connectivity index (χ0) is 23.5. The van der Waals surface area contributed by atoms with Crippen LogP contribution in [0.2, 0.25) is 0 Å². The molecule has 2 aromatic heterocycles. The number of sulfone groups is 1. The maximum Gasteiger partial charge on any atom is 0.227 e. The van der Waals surface area contributed by atoms with Crippen molar-refractivity contribution in [3.05, 3.63) is 77.1 Å². The van der Waals surface area contributed by atoms with E-state index in [2.05, 4.69) is 28.1 Å². The van der Waals surface area contributed by atoms with E-state index >= 15 is 0 Å². The number of benzene rings is 2. The molecule has 0 amide bonds. The van der Waals surface area contributed by atoms with Gasteiger partial charge in [-0.05, 0) is 49.2 Å². The van der Waals surface area contributed by atoms with Gasteiger partial charge in [-0.25, -0.2) is 18.4 Å². The number of thiazole rings is 1. The number of aromatic nitrogens is 2. The van der Waals surface area contributed by atoms with Crippen LogP contribution >= 0.6 is 11.3 Å². The van der Waals surface area contributed by atoms with E-state index in [0.29, 0.717) is 24.2 Å². The fraction of sp³-hybridized carbons (Fsp3) is 0.280. The normalized spacial score (nSPS) is 14.9. The topological polar surface area (TPSA) is 85.5 Å². The van der Waals surface area contributed by atoms with E-state index in [1.807, 2.05) is 11.4 Å². The molecule has 4 aromatic rings. The Morgan fingerprint density at radius 2 is 1.88 bits per heavy atom. The zero-order valence-corrected chi connectivity index (χ0v) is 20.4. The first-order valence-electron chi connectivity index (χ1n) is 11.1. The molecule has 1 aliphatic rings. The van der Waals surface area contributed by atoms with E-state index in [1.54, 1.807) is 48.1 Å². The summed E-state index contributed by atoms with van der Waals surface area (Å²) in [4.78, 5) is 11.8. The van der Waals surface area contributed by atoms with Crippen LogP contribution in [-0.2, 0) is 16.4 Å². The third-order valence-corrected chi connectivity index (χ3v) is 8.14. The number of ether oxygens (including phenoxy) is 1. The molecule has 0 N–H and O–H groups in total. The summed E-state index contributed by atoms with van der Waals surface area (Å²) < 4.78 is 34.5. The lowest BCUT2D eigenvalue weighted by atomic mass is 9.96. The number of para-hydroxylation sites is 1. The van der Waals surface area contributed by atoms with Gasteiger partial charge in [0.15, 0.2) is 9.84 Å². The number of oxazole rings is 1. The lowest BCUT2D eigenvalue weighted by molar-refractivity contribution is 0.301. The maximum atomic E-state index is 11.6. The quantitative estimate of drug-likeness (QED) is 0.350. The monoisotopic (exact) mass is 495 g/mol. The van der Waals surface area contributed by atoms with Crippen molar-refractivity contribution in [1.82, 2.24) is 9.97 Å². The Morgan fingerprint density at radius 1 is 1.12 bits per heavy atom. The molecule has 0 atom stereocenters. The Hall–Kier alpha value is -3.17. The minimum Gasteiger partial charge on any atom is -0.487 e. The van der Waals surface area contributed by atoms with Gasteiger partial charge in [-0.1, -0.05) is 12.1 Å². The number of hydrogen-bond acceptors (Lipinski definition) is 8. The summed E-state index contributed by atoms with van der Waals surface area (Å²) in [5.41, 5.74) is 3.06. The molecule has 3 heterocycles. The Balaban J connectivity index is 1.18. The summed E-state index contributed by atoms with van der Waals surface area (Å²) in [5, 5.41) is 3.19. The predicted octanol–water partition coefficient (Wildman–Crippen LogP) is 5.16. The highest BCUT2D eigenvalue weighted by atomic mass is 32.2. The minimum atomic E-state index is -3.21. The molecule has 0 bridgehead atoms. The number of nitrogens with zero attached hydrogens (tertiary/aromatic N) is 3. The van der Waals surface area contributed by atoms with Crippen LogP contribution in [0.25, 0.3) is 11.5 Å². The average Bonchev–Trinajstić information content (AvgIpc) is 3.55. The van der Waals surface area contributed by atoms with Crippen molar-refractivity contribution in [3.63, 3.8) is 0 Å². The Bertz CT molecular complexity index is 1340. The lowest BCUT2D eigenvalue weighted by Crippen LogP contribution is -2.33. The Morgan fingerprint density at radius 3 is 2.59 bits per heavy atom. The fourth-order valence-corrected chi connectivity index (χ4v) is 5.78. The van der Waals surface area contributed by atoms with Crippen molar-refractivity contribution < 1.29 is 17.6 Å². The molecular formula is C25H25N3O4S2. The van der Waals surface area contributed by atoms with Gasteiger partial charge >= 0.3 is 0 Å². The van der Waals surface area contributed by atoms with Crippen molar-refractivity contribution in [3.8, 4) is 17.2 Å². The Labute approximate surface area is 203 Å². The molecule has 9 heteroatoms. The van der Waals surface area contributed by atoms with E-state index in [4.69, 9.17) is 14.1 Å². The van der Waals surface area contributed by atoms with Gasteiger partial charge in [0, 0.05) is 36.3 Å². The third-order valence-electron chi connectivity index (χ3n) is 5.96. The van der Waals surface area contributed by atoms with Crippen LogP contribution < -0.4 is 9.64 Å². The molecule has 2 aromatic carbocycles. The molecule has 176 valence electrons. The number of anilines is 1. The highest BCUT2D eigenvalue weighted by Gasteiger charge is 2.25. The van der Waals surface area contributed by atoms with E-state index in [0.717, 1.165) is 47.9 Å². The van der Waals surface area contributed by atoms with Crippen molar-refractivity contribution in [2.45, 2.75) is 30.3 Å². The summed E-state index contributed by atoms with van der Waals surface area (Å²) in [6.07, 6.45) is 6.53. The van der Waals surface area contributed by atoms with Crippen LogP contribution in [0.15, 0.2) is 75.7 Å². The van der Waals surface area contributed by atoms with Gasteiger partial charge in [-0.15, -0.1) is 11.3 Å². The second-order valence-corrected chi connectivity index (χ2v) is 11.2. The first kappa shape index (κ1) is 22.6. The van der Waals surface area contributed by atoms with Crippen molar-refractivity contribution in [2.24, 2.45) is 0 Å². The summed E-state index contributed by atoms with van der Waals surface area (Å²) >= 11 is 1.68. The van der Waals surface area contributed by atoms with Crippen molar-refractivity contribution in [1.29, 1.82) is 0 Å². The molecule has 7 nitrogen and oxygen atoms in total. The standard InChI is InChI=1S/C25H25N3O4S2/c1-34(29,30)21-8-6-20(7-9-21)32-16-19-17-33-25(27-19)18-10-13-28(14-11-18)23-5-3-2-4-22(23)24-26-12-15-31-24/h2-9,12,15,17-18H,10-11,13-14,16H2,1H3. The van der Waals surface area contributed by atoms with Gasteiger partial charge in [0.05, 0.1) is 27.4 Å². The molecule has 1 saturated heterocycles. The highest BCUT2D eigenvalue weighted by Crippen LogP contribution is 2.36. The van der Waals surface area contributed by atoms with Crippen LogP contribution in [0.5, 0.6) is 5.75 Å². The molecular weight excluding hydrogens is 470 g/mol. The first-order valence-corrected chi connectivity index (χ1v) is 13.9. The molecule has 0 spiro atoms. The molecule has 0 saturated carbocycles. The summed E-state index contributed by atoms with van der Waals surface area (Å²) in [6, 6.07) is 14.7. The number of piperidine rings is 1. The summed E-state index contributed by atoms with van der Waals surface area (Å²) in [6.45, 7) is 2.25. The molecule has 0 radical (unpaired) electrons. The van der Waals surface area contributed by atoms with Crippen molar-refractivity contribution >= 4 is 26.9 Å². The molecule has 1 fully saturated rings. The van der Waals surface area contributed by atoms with Gasteiger partial charge < -0.3 is 14.1 Å². The van der Waals surface area contributed by atoms with Crippen LogP contribution in [0.1, 0.15) is 29.5 Å². The van der Waals surface area contributed by atoms with E-state index < -0.39 is 9.84 Å². The SMILES string of the molecule is CS(=O)(=O)c1ccc(OCc2csc(C3CCN(c4ccccc4-c4ncco4)CC3)n2)cc1. The zero-order valence-electron chi connectivity index (χ0n) is 18.8. The third kappa shape index (κ3) is 5.00. The molecule has 0 aliphatic carbocycles. The van der Waals surface area contributed by atoms with E-state index in [1.165, 1.54) is 6.26 Å². The van der Waals surface area contributed by atoms with Gasteiger partial charge in [-0.2, -0.15) is 0 Å². The van der Waals surface area contributed by atoms with E-state index in [-0.39, 0.29) is 4.90 Å². The van der Waals surface area contributed by atoms with Gasteiger partial charge in [0.25, 0.3) is 0 Å². The second-order valence-electron chi connectivity index (χ2n) is 8.33. The van der Waals surface area contributed by atoms with Crippen LogP contribution in [0.3, 0.4) is 0 Å². The van der Waals surface area contributed by atoms with Gasteiger partial charge in [0.1, 0.15) is 18.6 Å². The highest BCUT2D eigenvalue weighted by molar-refractivity contribution is 7.90. The number of rotatable bonds is 7. The largest absolute Gasteiger partial charge is 0.487 e. The van der Waals surface area contributed by atoms with Crippen molar-refractivity contribution in [2.75, 3.05) is 24.2 Å². The molecule has 34 heavy (non-hydrogen) atoms. The first-order chi connectivity index (χ1) is 16.5. The Kier molecular flexibility index (Phi) is 6.38. The van der Waals surface area contributed by atoms with Crippen LogP contribution in [0, 0.1) is 0 Å². The minimum absolute atomic E-state index is 0.283. The van der Waals surface area contributed by atoms with Gasteiger partial charge in [-0.3, -0.25) is 0 Å². The maximum absolute atomic E-state index is 11.6. The number of hydrogen-bond donors (Lipinski definition) is 0. The summed E-state index contributed by atoms with van der Waals surface area (Å²) in [7, 11) is -3.21. The summed E-state index contributed by atoms with van der Waals surface area (Å²) in [5.74, 6) is 1.70.